The van der Waals surface area contributed by atoms with Crippen molar-refractivity contribution < 1.29 is 5.11 Å². The lowest BCUT2D eigenvalue weighted by Crippen LogP contribution is -2.32. The van der Waals surface area contributed by atoms with E-state index < -0.39 is 11.2 Å². The van der Waals surface area contributed by atoms with Gasteiger partial charge in [-0.1, -0.05) is 50.2 Å². The molecule has 2 heterocycles. The highest BCUT2D eigenvalue weighted by molar-refractivity contribution is 7.99. The number of H-pyrrole nitrogens is 1. The second-order valence-electron chi connectivity index (χ2n) is 7.68. The first-order chi connectivity index (χ1) is 14.3. The number of hydrogen-bond acceptors (Lipinski definition) is 5. The maximum absolute atomic E-state index is 12.6. The van der Waals surface area contributed by atoms with Crippen LogP contribution in [0, 0.1) is 0 Å². The number of aromatic nitrogens is 2. The number of hydrogen-bond donors (Lipinski definition) is 2. The molecule has 0 unspecified atom stereocenters. The van der Waals surface area contributed by atoms with Crippen molar-refractivity contribution in [3.8, 4) is 5.88 Å². The lowest BCUT2D eigenvalue weighted by atomic mass is 9.98. The summed E-state index contributed by atoms with van der Waals surface area (Å²) < 4.78 is 1.02. The predicted molar refractivity (Wildman–Crippen MR) is 120 cm³/mol. The van der Waals surface area contributed by atoms with Crippen LogP contribution in [0.15, 0.2) is 68.0 Å². The monoisotopic (exact) mass is 421 g/mol. The molecule has 6 nitrogen and oxygen atoms in total. The minimum atomic E-state index is -0.661. The maximum atomic E-state index is 12.6. The van der Waals surface area contributed by atoms with Crippen LogP contribution in [0.5, 0.6) is 5.88 Å². The molecule has 0 saturated heterocycles. The molecule has 7 heteroatoms. The summed E-state index contributed by atoms with van der Waals surface area (Å²) in [5, 5.41) is 10.6. The number of para-hydroxylation sites is 1. The van der Waals surface area contributed by atoms with Gasteiger partial charge >= 0.3 is 5.69 Å². The van der Waals surface area contributed by atoms with Gasteiger partial charge in [0.15, 0.2) is 0 Å². The summed E-state index contributed by atoms with van der Waals surface area (Å²) in [6.07, 6.45) is 0.440. The molecular formula is C23H23N3O3S. The molecule has 30 heavy (non-hydrogen) atoms. The lowest BCUT2D eigenvalue weighted by Gasteiger charge is -2.17. The minimum absolute atomic E-state index is 0.00430. The molecule has 2 N–H and O–H groups in total. The third kappa shape index (κ3) is 3.73. The van der Waals surface area contributed by atoms with Gasteiger partial charge in [-0.15, -0.1) is 11.8 Å². The second-order valence-corrected chi connectivity index (χ2v) is 8.92. The van der Waals surface area contributed by atoms with Crippen molar-refractivity contribution in [2.24, 2.45) is 12.0 Å². The quantitative estimate of drug-likeness (QED) is 0.661. The topological polar surface area (TPSA) is 87.5 Å². The smallest absolute Gasteiger partial charge is 0.330 e. The number of nitrogens with zero attached hydrogens (tertiary/aromatic N) is 2. The van der Waals surface area contributed by atoms with Crippen LogP contribution in [0.3, 0.4) is 0 Å². The Bertz CT molecular complexity index is 1240. The molecule has 0 fully saturated rings. The van der Waals surface area contributed by atoms with Crippen LogP contribution >= 0.6 is 11.8 Å². The number of fused-ring (bicyclic) bond motifs is 1. The Morgan fingerprint density at radius 2 is 1.83 bits per heavy atom. The van der Waals surface area contributed by atoms with E-state index >= 15 is 0 Å². The van der Waals surface area contributed by atoms with E-state index in [1.165, 1.54) is 12.6 Å². The number of thioether (sulfide) groups is 1. The number of aromatic hydroxyl groups is 1. The average Bonchev–Trinajstić information content (AvgIpc) is 2.92. The van der Waals surface area contributed by atoms with Gasteiger partial charge in [0.1, 0.15) is 5.56 Å². The lowest BCUT2D eigenvalue weighted by molar-refractivity contribution is 0.416. The first kappa shape index (κ1) is 20.2. The maximum Gasteiger partial charge on any atom is 0.330 e. The van der Waals surface area contributed by atoms with Crippen LogP contribution in [0.1, 0.15) is 48.1 Å². The Kier molecular flexibility index (Phi) is 5.39. The summed E-state index contributed by atoms with van der Waals surface area (Å²) in [4.78, 5) is 32.4. The zero-order valence-corrected chi connectivity index (χ0v) is 17.9. The summed E-state index contributed by atoms with van der Waals surface area (Å²) in [7, 11) is 1.42. The normalized spacial score (nSPS) is 16.1. The van der Waals surface area contributed by atoms with Crippen LogP contribution in [0.4, 0.5) is 5.69 Å². The van der Waals surface area contributed by atoms with Crippen molar-refractivity contribution in [2.75, 3.05) is 0 Å². The molecule has 1 aliphatic rings. The number of aliphatic imine (C=N–C) groups is 1. The van der Waals surface area contributed by atoms with E-state index in [0.29, 0.717) is 18.1 Å². The van der Waals surface area contributed by atoms with E-state index in [2.05, 4.69) is 43.1 Å². The second kappa shape index (κ2) is 7.99. The summed E-state index contributed by atoms with van der Waals surface area (Å²) >= 11 is 1.69. The summed E-state index contributed by atoms with van der Waals surface area (Å²) in [6.45, 7) is 4.32. The van der Waals surface area contributed by atoms with Gasteiger partial charge in [0.05, 0.1) is 11.4 Å². The number of aromatic amines is 1. The first-order valence-corrected chi connectivity index (χ1v) is 10.7. The highest BCUT2D eigenvalue weighted by Crippen LogP contribution is 2.45. The summed E-state index contributed by atoms with van der Waals surface area (Å²) in [5.41, 5.74) is 2.33. The van der Waals surface area contributed by atoms with Gasteiger partial charge < -0.3 is 5.11 Å². The third-order valence-electron chi connectivity index (χ3n) is 5.33. The molecule has 2 aromatic carbocycles. The molecule has 4 rings (SSSR count). The number of benzene rings is 2. The van der Waals surface area contributed by atoms with Crippen molar-refractivity contribution in [2.45, 2.75) is 36.3 Å². The Balaban J connectivity index is 1.85. The van der Waals surface area contributed by atoms with Crippen LogP contribution in [-0.4, -0.2) is 20.4 Å². The Labute approximate surface area is 178 Å². The van der Waals surface area contributed by atoms with E-state index in [1.807, 2.05) is 24.3 Å². The highest BCUT2D eigenvalue weighted by Gasteiger charge is 2.26. The first-order valence-electron chi connectivity index (χ1n) is 9.81. The van der Waals surface area contributed by atoms with Crippen LogP contribution in [0.2, 0.25) is 0 Å². The molecule has 154 valence electrons. The zero-order valence-electron chi connectivity index (χ0n) is 17.0. The van der Waals surface area contributed by atoms with Crippen molar-refractivity contribution in [1.29, 1.82) is 0 Å². The van der Waals surface area contributed by atoms with Crippen molar-refractivity contribution >= 4 is 23.2 Å². The van der Waals surface area contributed by atoms with E-state index in [0.717, 1.165) is 20.7 Å². The van der Waals surface area contributed by atoms with Crippen LogP contribution in [0.25, 0.3) is 0 Å². The highest BCUT2D eigenvalue weighted by atomic mass is 32.2. The molecule has 0 spiro atoms. The van der Waals surface area contributed by atoms with Gasteiger partial charge in [0, 0.05) is 23.6 Å². The molecule has 1 atom stereocenters. The standard InChI is InChI=1S/C23H23N3O3S/c1-13(2)14-8-10-15(11-9-14)19-12-17(24-16-6-4-5-7-18(16)30-19)20-21(27)25-23(29)26(3)22(20)28/h4-11,13,19,28H,12H2,1-3H3,(H,25,27,29)/t19-/m1/s1. The molecule has 0 radical (unpaired) electrons. The molecule has 1 aromatic heterocycles. The number of rotatable bonds is 3. The van der Waals surface area contributed by atoms with Gasteiger partial charge in [-0.3, -0.25) is 19.3 Å². The van der Waals surface area contributed by atoms with Crippen LogP contribution < -0.4 is 11.2 Å². The van der Waals surface area contributed by atoms with Gasteiger partial charge in [-0.2, -0.15) is 0 Å². The molecule has 0 amide bonds. The minimum Gasteiger partial charge on any atom is -0.494 e. The average molecular weight is 422 g/mol. The largest absolute Gasteiger partial charge is 0.494 e. The van der Waals surface area contributed by atoms with Gasteiger partial charge in [-0.05, 0) is 29.2 Å². The van der Waals surface area contributed by atoms with Gasteiger partial charge in [-0.25, -0.2) is 4.79 Å². The summed E-state index contributed by atoms with van der Waals surface area (Å²) in [5.74, 6) is 0.0700. The number of nitrogens with one attached hydrogen (secondary N) is 1. The van der Waals surface area contributed by atoms with Crippen molar-refractivity contribution in [3.05, 3.63) is 86.1 Å². The van der Waals surface area contributed by atoms with E-state index in [1.54, 1.807) is 11.8 Å². The molecular weight excluding hydrogens is 398 g/mol. The fraction of sp³-hybridized carbons (Fsp3) is 0.261. The fourth-order valence-electron chi connectivity index (χ4n) is 3.52. The van der Waals surface area contributed by atoms with E-state index in [4.69, 9.17) is 4.99 Å². The molecule has 0 bridgehead atoms. The zero-order chi connectivity index (χ0) is 21.4. The molecule has 1 aliphatic heterocycles. The predicted octanol–water partition coefficient (Wildman–Crippen LogP) is 4.26. The Morgan fingerprint density at radius 3 is 2.53 bits per heavy atom. The molecule has 0 saturated carbocycles. The molecule has 0 aliphatic carbocycles. The van der Waals surface area contributed by atoms with Gasteiger partial charge in [0.25, 0.3) is 5.56 Å². The Hall–Kier alpha value is -3.06. The SMILES string of the molecule is CC(C)c1ccc([C@H]2CC(c3c(O)n(C)c(=O)[nH]c3=O)=Nc3ccccc3S2)cc1. The Morgan fingerprint density at radius 1 is 1.13 bits per heavy atom. The van der Waals surface area contributed by atoms with Crippen molar-refractivity contribution in [1.82, 2.24) is 9.55 Å². The van der Waals surface area contributed by atoms with Crippen LogP contribution in [-0.2, 0) is 7.05 Å². The van der Waals surface area contributed by atoms with Crippen molar-refractivity contribution in [3.63, 3.8) is 0 Å². The van der Waals surface area contributed by atoms with E-state index in [9.17, 15) is 14.7 Å². The van der Waals surface area contributed by atoms with E-state index in [-0.39, 0.29) is 16.7 Å². The summed E-state index contributed by atoms with van der Waals surface area (Å²) in [6, 6.07) is 16.2. The van der Waals surface area contributed by atoms with Gasteiger partial charge in [0.2, 0.25) is 5.88 Å². The molecule has 3 aromatic rings. The third-order valence-corrected chi connectivity index (χ3v) is 6.65. The fourth-order valence-corrected chi connectivity index (χ4v) is 4.75.